The maximum Gasteiger partial charge on any atom is 0.241 e. The van der Waals surface area contributed by atoms with E-state index in [0.717, 1.165) is 38.4 Å². The van der Waals surface area contributed by atoms with Crippen molar-refractivity contribution in [3.8, 4) is 0 Å². The molecule has 1 N–H and O–H groups in total. The molecule has 1 aliphatic carbocycles. The Morgan fingerprint density at radius 3 is 2.60 bits per heavy atom. The molecule has 0 radical (unpaired) electrons. The van der Waals surface area contributed by atoms with Crippen LogP contribution < -0.4 is 5.32 Å². The summed E-state index contributed by atoms with van der Waals surface area (Å²) >= 11 is 0. The predicted molar refractivity (Wildman–Crippen MR) is 82.5 cm³/mol. The fourth-order valence-electron chi connectivity index (χ4n) is 3.64. The Hall–Kier alpha value is -0.610. The van der Waals surface area contributed by atoms with E-state index in [4.69, 9.17) is 0 Å². The second kappa shape index (κ2) is 7.41. The maximum absolute atomic E-state index is 12.4. The summed E-state index contributed by atoms with van der Waals surface area (Å²) in [5.41, 5.74) is 0. The van der Waals surface area contributed by atoms with Gasteiger partial charge in [0.05, 0.1) is 12.2 Å². The van der Waals surface area contributed by atoms with Gasteiger partial charge in [0.15, 0.2) is 0 Å². The Kier molecular flexibility index (Phi) is 5.85. The lowest BCUT2D eigenvalue weighted by Crippen LogP contribution is -2.43. The molecular formula is C16H31N3O. The van der Waals surface area contributed by atoms with Gasteiger partial charge in [-0.25, -0.2) is 0 Å². The molecule has 116 valence electrons. The topological polar surface area (TPSA) is 35.6 Å². The van der Waals surface area contributed by atoms with Crippen molar-refractivity contribution in [3.05, 3.63) is 0 Å². The summed E-state index contributed by atoms with van der Waals surface area (Å²) in [4.78, 5) is 17.0. The van der Waals surface area contributed by atoms with Crippen LogP contribution in [0.1, 0.15) is 58.8 Å². The average molecular weight is 281 g/mol. The zero-order valence-electron chi connectivity index (χ0n) is 13.4. The van der Waals surface area contributed by atoms with Crippen molar-refractivity contribution in [2.75, 3.05) is 20.1 Å². The van der Waals surface area contributed by atoms with Gasteiger partial charge in [-0.3, -0.25) is 10.1 Å². The molecule has 4 nitrogen and oxygen atoms in total. The molecule has 2 unspecified atom stereocenters. The largest absolute Gasteiger partial charge is 0.325 e. The first-order valence-corrected chi connectivity index (χ1v) is 8.44. The summed E-state index contributed by atoms with van der Waals surface area (Å²) in [6, 6.07) is 0.800. The third-order valence-corrected chi connectivity index (χ3v) is 4.96. The fraction of sp³-hybridized carbons (Fsp3) is 0.938. The van der Waals surface area contributed by atoms with Gasteiger partial charge in [-0.15, -0.1) is 0 Å². The van der Waals surface area contributed by atoms with E-state index in [9.17, 15) is 4.79 Å². The van der Waals surface area contributed by atoms with E-state index in [1.807, 2.05) is 0 Å². The van der Waals surface area contributed by atoms with Crippen molar-refractivity contribution in [1.82, 2.24) is 15.1 Å². The van der Waals surface area contributed by atoms with Gasteiger partial charge in [0.25, 0.3) is 0 Å². The summed E-state index contributed by atoms with van der Waals surface area (Å²) < 4.78 is 0. The van der Waals surface area contributed by atoms with Gasteiger partial charge in [-0.1, -0.05) is 33.1 Å². The van der Waals surface area contributed by atoms with Crippen LogP contribution in [-0.4, -0.2) is 54.1 Å². The lowest BCUT2D eigenvalue weighted by atomic mass is 10.1. The molecular weight excluding hydrogens is 250 g/mol. The first-order chi connectivity index (χ1) is 9.67. The molecule has 0 spiro atoms. The predicted octanol–water partition coefficient (Wildman–Crippen LogP) is 2.20. The minimum absolute atomic E-state index is 0.0572. The Morgan fingerprint density at radius 2 is 2.00 bits per heavy atom. The smallest absolute Gasteiger partial charge is 0.241 e. The van der Waals surface area contributed by atoms with Crippen molar-refractivity contribution in [3.63, 3.8) is 0 Å². The number of nitrogens with zero attached hydrogens (tertiary/aromatic N) is 2. The highest BCUT2D eigenvalue weighted by Gasteiger charge is 2.37. The molecule has 2 fully saturated rings. The summed E-state index contributed by atoms with van der Waals surface area (Å²) in [5.74, 6) is 0.318. The molecule has 1 amide bonds. The van der Waals surface area contributed by atoms with Gasteiger partial charge in [-0.05, 0) is 32.7 Å². The molecule has 0 aromatic rings. The Bertz CT molecular complexity index is 315. The molecule has 0 aromatic heterocycles. The van der Waals surface area contributed by atoms with Crippen LogP contribution in [0.3, 0.4) is 0 Å². The zero-order valence-corrected chi connectivity index (χ0v) is 13.4. The Morgan fingerprint density at radius 1 is 1.30 bits per heavy atom. The summed E-state index contributed by atoms with van der Waals surface area (Å²) in [6.07, 6.45) is 8.68. The van der Waals surface area contributed by atoms with E-state index >= 15 is 0 Å². The molecule has 1 heterocycles. The van der Waals surface area contributed by atoms with Crippen LogP contribution in [0, 0.1) is 0 Å². The first kappa shape index (κ1) is 15.8. The summed E-state index contributed by atoms with van der Waals surface area (Å²) in [5, 5.41) is 3.49. The average Bonchev–Trinajstić information content (AvgIpc) is 3.06. The van der Waals surface area contributed by atoms with Crippen LogP contribution in [0.4, 0.5) is 0 Å². The van der Waals surface area contributed by atoms with Crippen molar-refractivity contribution in [2.24, 2.45) is 0 Å². The SMILES string of the molecule is CCCC1NC(CC)N(CCN(C)C2CCCC2)C1=O. The number of hydrogen-bond donors (Lipinski definition) is 1. The summed E-state index contributed by atoms with van der Waals surface area (Å²) in [7, 11) is 2.22. The number of nitrogens with one attached hydrogen (secondary N) is 1. The standard InChI is InChI=1S/C16H31N3O/c1-4-8-14-16(20)19(15(5-2)17-14)12-11-18(3)13-9-6-7-10-13/h13-15,17H,4-12H2,1-3H3. The van der Waals surface area contributed by atoms with Gasteiger partial charge in [0.2, 0.25) is 5.91 Å². The molecule has 1 saturated carbocycles. The lowest BCUT2D eigenvalue weighted by molar-refractivity contribution is -0.130. The molecule has 1 saturated heterocycles. The van der Waals surface area contributed by atoms with Crippen molar-refractivity contribution < 1.29 is 4.79 Å². The molecule has 1 aliphatic heterocycles. The number of carbonyl (C=O) groups excluding carboxylic acids is 1. The van der Waals surface area contributed by atoms with Crippen LogP contribution in [0.2, 0.25) is 0 Å². The highest BCUT2D eigenvalue weighted by molar-refractivity contribution is 5.84. The first-order valence-electron chi connectivity index (χ1n) is 8.44. The Labute approximate surface area is 123 Å². The number of rotatable bonds is 7. The number of likely N-dealkylation sites (N-methyl/N-ethyl adjacent to an activating group) is 1. The lowest BCUT2D eigenvalue weighted by Gasteiger charge is -2.29. The minimum Gasteiger partial charge on any atom is -0.325 e. The highest BCUT2D eigenvalue weighted by atomic mass is 16.2. The molecule has 0 bridgehead atoms. The van der Waals surface area contributed by atoms with E-state index in [0.29, 0.717) is 5.91 Å². The van der Waals surface area contributed by atoms with Crippen LogP contribution in [0.5, 0.6) is 0 Å². The van der Waals surface area contributed by atoms with Crippen LogP contribution in [0.25, 0.3) is 0 Å². The number of hydrogen-bond acceptors (Lipinski definition) is 3. The molecule has 2 rings (SSSR count). The quantitative estimate of drug-likeness (QED) is 0.777. The Balaban J connectivity index is 1.84. The minimum atomic E-state index is 0.0572. The van der Waals surface area contributed by atoms with Gasteiger partial charge in [0.1, 0.15) is 0 Å². The van der Waals surface area contributed by atoms with E-state index in [1.165, 1.54) is 25.7 Å². The number of carbonyl (C=O) groups is 1. The van der Waals surface area contributed by atoms with Gasteiger partial charge in [0, 0.05) is 19.1 Å². The van der Waals surface area contributed by atoms with E-state index < -0.39 is 0 Å². The van der Waals surface area contributed by atoms with Crippen molar-refractivity contribution >= 4 is 5.91 Å². The van der Waals surface area contributed by atoms with Gasteiger partial charge < -0.3 is 9.80 Å². The molecule has 2 atom stereocenters. The van der Waals surface area contributed by atoms with E-state index in [2.05, 4.69) is 36.0 Å². The van der Waals surface area contributed by atoms with Gasteiger partial charge >= 0.3 is 0 Å². The zero-order chi connectivity index (χ0) is 14.5. The van der Waals surface area contributed by atoms with Crippen LogP contribution >= 0.6 is 0 Å². The molecule has 4 heteroatoms. The third kappa shape index (κ3) is 3.53. The molecule has 0 aromatic carbocycles. The monoisotopic (exact) mass is 281 g/mol. The molecule has 20 heavy (non-hydrogen) atoms. The summed E-state index contributed by atoms with van der Waals surface area (Å²) in [6.45, 7) is 6.18. The second-order valence-corrected chi connectivity index (χ2v) is 6.38. The molecule has 2 aliphatic rings. The third-order valence-electron chi connectivity index (χ3n) is 4.96. The fourth-order valence-corrected chi connectivity index (χ4v) is 3.64. The van der Waals surface area contributed by atoms with Crippen molar-refractivity contribution in [2.45, 2.75) is 77.0 Å². The normalized spacial score (nSPS) is 28.0. The highest BCUT2D eigenvalue weighted by Crippen LogP contribution is 2.23. The van der Waals surface area contributed by atoms with Gasteiger partial charge in [-0.2, -0.15) is 0 Å². The van der Waals surface area contributed by atoms with Crippen LogP contribution in [0.15, 0.2) is 0 Å². The van der Waals surface area contributed by atoms with Crippen LogP contribution in [-0.2, 0) is 4.79 Å². The van der Waals surface area contributed by atoms with E-state index in [1.54, 1.807) is 0 Å². The number of amides is 1. The second-order valence-electron chi connectivity index (χ2n) is 6.38. The van der Waals surface area contributed by atoms with Crippen molar-refractivity contribution in [1.29, 1.82) is 0 Å². The van der Waals surface area contributed by atoms with E-state index in [-0.39, 0.29) is 12.2 Å². The maximum atomic E-state index is 12.4.